The van der Waals surface area contributed by atoms with E-state index >= 15 is 0 Å². The van der Waals surface area contributed by atoms with E-state index in [9.17, 15) is 4.79 Å². The zero-order valence-electron chi connectivity index (χ0n) is 15.0. The molecule has 0 bridgehead atoms. The molecule has 0 spiro atoms. The van der Waals surface area contributed by atoms with Crippen LogP contribution in [-0.2, 0) is 0 Å². The lowest BCUT2D eigenvalue weighted by molar-refractivity contribution is 0.0690. The molecule has 3 aromatic rings. The first-order valence-electron chi connectivity index (χ1n) is 8.68. The van der Waals surface area contributed by atoms with Crippen LogP contribution in [0.3, 0.4) is 0 Å². The lowest BCUT2D eigenvalue weighted by Crippen LogP contribution is -2.30. The van der Waals surface area contributed by atoms with Gasteiger partial charge in [0.25, 0.3) is 5.91 Å². The minimum Gasteiger partial charge on any atom is -0.361 e. The number of nitrogens with zero attached hydrogens (tertiary/aromatic N) is 4. The number of hydrogen-bond acceptors (Lipinski definition) is 6. The highest BCUT2D eigenvalue weighted by Gasteiger charge is 2.33. The summed E-state index contributed by atoms with van der Waals surface area (Å²) in [5.41, 5.74) is 4.36. The van der Waals surface area contributed by atoms with Crippen molar-refractivity contribution in [2.75, 3.05) is 6.54 Å². The zero-order chi connectivity index (χ0) is 18.3. The summed E-state index contributed by atoms with van der Waals surface area (Å²) in [5, 5.41) is 7.80. The number of hydrogen-bond donors (Lipinski definition) is 0. The number of aromatic nitrogens is 3. The van der Waals surface area contributed by atoms with Crippen molar-refractivity contribution >= 4 is 5.91 Å². The second-order valence-electron chi connectivity index (χ2n) is 6.66. The summed E-state index contributed by atoms with van der Waals surface area (Å²) in [6.45, 7) is 6.30. The van der Waals surface area contributed by atoms with Gasteiger partial charge in [-0.15, -0.1) is 0 Å². The number of likely N-dealkylation sites (tertiary alicyclic amines) is 1. The van der Waals surface area contributed by atoms with Crippen molar-refractivity contribution in [2.45, 2.75) is 39.7 Å². The Kier molecular flexibility index (Phi) is 4.06. The molecule has 1 atom stereocenters. The van der Waals surface area contributed by atoms with Crippen molar-refractivity contribution < 1.29 is 13.8 Å². The summed E-state index contributed by atoms with van der Waals surface area (Å²) in [6.07, 6.45) is 3.65. The molecule has 4 rings (SSSR count). The molecule has 1 unspecified atom stereocenters. The predicted molar refractivity (Wildman–Crippen MR) is 93.5 cm³/mol. The molecule has 3 aromatic heterocycles. The monoisotopic (exact) mass is 352 g/mol. The van der Waals surface area contributed by atoms with Crippen LogP contribution in [0.1, 0.15) is 52.3 Å². The standard InChI is InChI=1S/C19H20N4O3/c1-11-9-17(26-21-11)19(24)23-8-4-5-16(23)15-7-6-14(10-20-15)18-12(2)22-25-13(18)3/h6-7,9-10,16H,4-5,8H2,1-3H3. The van der Waals surface area contributed by atoms with Gasteiger partial charge in [0.2, 0.25) is 5.76 Å². The highest BCUT2D eigenvalue weighted by atomic mass is 16.5. The van der Waals surface area contributed by atoms with Gasteiger partial charge in [-0.25, -0.2) is 0 Å². The van der Waals surface area contributed by atoms with Crippen LogP contribution in [0.15, 0.2) is 33.4 Å². The molecule has 134 valence electrons. The second-order valence-corrected chi connectivity index (χ2v) is 6.66. The molecule has 26 heavy (non-hydrogen) atoms. The van der Waals surface area contributed by atoms with Crippen LogP contribution in [0.2, 0.25) is 0 Å². The molecule has 1 saturated heterocycles. The highest BCUT2D eigenvalue weighted by molar-refractivity contribution is 5.92. The Labute approximate surface area is 151 Å². The first-order chi connectivity index (χ1) is 12.5. The third kappa shape index (κ3) is 2.79. The Balaban J connectivity index is 1.59. The lowest BCUT2D eigenvalue weighted by Gasteiger charge is -2.23. The molecule has 0 aliphatic carbocycles. The number of aryl methyl sites for hydroxylation is 3. The van der Waals surface area contributed by atoms with E-state index in [0.29, 0.717) is 12.2 Å². The van der Waals surface area contributed by atoms with Crippen LogP contribution in [0.5, 0.6) is 0 Å². The second kappa shape index (κ2) is 6.40. The molecule has 0 aromatic carbocycles. The minimum atomic E-state index is -0.135. The van der Waals surface area contributed by atoms with E-state index in [-0.39, 0.29) is 17.7 Å². The molecule has 7 heteroatoms. The van der Waals surface area contributed by atoms with Gasteiger partial charge >= 0.3 is 0 Å². The van der Waals surface area contributed by atoms with Crippen LogP contribution in [-0.4, -0.2) is 32.6 Å². The molecule has 4 heterocycles. The number of amides is 1. The normalized spacial score (nSPS) is 17.0. The van der Waals surface area contributed by atoms with Gasteiger partial charge in [-0.2, -0.15) is 0 Å². The van der Waals surface area contributed by atoms with Crippen LogP contribution in [0.25, 0.3) is 11.1 Å². The fraction of sp³-hybridized carbons (Fsp3) is 0.368. The maximum absolute atomic E-state index is 12.7. The van der Waals surface area contributed by atoms with E-state index in [1.54, 1.807) is 13.0 Å². The average Bonchev–Trinajstić information content (AvgIpc) is 3.35. The maximum Gasteiger partial charge on any atom is 0.293 e. The molecule has 0 saturated carbocycles. The Hall–Kier alpha value is -2.96. The first-order valence-corrected chi connectivity index (χ1v) is 8.68. The molecule has 1 amide bonds. The molecule has 0 radical (unpaired) electrons. The van der Waals surface area contributed by atoms with Gasteiger partial charge in [0.05, 0.1) is 23.1 Å². The fourth-order valence-corrected chi connectivity index (χ4v) is 3.57. The summed E-state index contributed by atoms with van der Waals surface area (Å²) >= 11 is 0. The van der Waals surface area contributed by atoms with E-state index in [4.69, 9.17) is 9.05 Å². The summed E-state index contributed by atoms with van der Waals surface area (Å²) < 4.78 is 10.4. The Bertz CT molecular complexity index is 923. The van der Waals surface area contributed by atoms with Crippen molar-refractivity contribution in [3.63, 3.8) is 0 Å². The smallest absolute Gasteiger partial charge is 0.293 e. The summed E-state index contributed by atoms with van der Waals surface area (Å²) in [6, 6.07) is 5.61. The quantitative estimate of drug-likeness (QED) is 0.715. The zero-order valence-corrected chi connectivity index (χ0v) is 15.0. The molecular weight excluding hydrogens is 332 g/mol. The van der Waals surface area contributed by atoms with Crippen LogP contribution in [0.4, 0.5) is 0 Å². The van der Waals surface area contributed by atoms with Crippen molar-refractivity contribution in [2.24, 2.45) is 0 Å². The first kappa shape index (κ1) is 16.5. The fourth-order valence-electron chi connectivity index (χ4n) is 3.57. The molecule has 1 aliphatic rings. The topological polar surface area (TPSA) is 85.3 Å². The van der Waals surface area contributed by atoms with Crippen molar-refractivity contribution in [1.82, 2.24) is 20.2 Å². The summed E-state index contributed by atoms with van der Waals surface area (Å²) in [7, 11) is 0. The van der Waals surface area contributed by atoms with Crippen molar-refractivity contribution in [3.05, 3.63) is 53.0 Å². The predicted octanol–water partition coefficient (Wildman–Crippen LogP) is 3.63. The Morgan fingerprint density at radius 3 is 2.65 bits per heavy atom. The minimum absolute atomic E-state index is 0.0494. The van der Waals surface area contributed by atoms with Gasteiger partial charge in [0.1, 0.15) is 5.76 Å². The molecule has 0 N–H and O–H groups in total. The van der Waals surface area contributed by atoms with Gasteiger partial charge in [-0.05, 0) is 39.7 Å². The number of carbonyl (C=O) groups excluding carboxylic acids is 1. The van der Waals surface area contributed by atoms with Crippen molar-refractivity contribution in [1.29, 1.82) is 0 Å². The largest absolute Gasteiger partial charge is 0.361 e. The molecular formula is C19H20N4O3. The van der Waals surface area contributed by atoms with E-state index in [0.717, 1.165) is 41.1 Å². The van der Waals surface area contributed by atoms with Crippen LogP contribution in [0, 0.1) is 20.8 Å². The summed E-state index contributed by atoms with van der Waals surface area (Å²) in [4.78, 5) is 19.2. The van der Waals surface area contributed by atoms with Crippen LogP contribution >= 0.6 is 0 Å². The van der Waals surface area contributed by atoms with Crippen molar-refractivity contribution in [3.8, 4) is 11.1 Å². The SMILES string of the molecule is Cc1cc(C(=O)N2CCCC2c2ccc(-c3c(C)noc3C)cn2)on1. The number of carbonyl (C=O) groups is 1. The van der Waals surface area contributed by atoms with Gasteiger partial charge in [0.15, 0.2) is 0 Å². The van der Waals surface area contributed by atoms with E-state index < -0.39 is 0 Å². The van der Waals surface area contributed by atoms with E-state index in [1.807, 2.05) is 37.1 Å². The lowest BCUT2D eigenvalue weighted by atomic mass is 10.0. The van der Waals surface area contributed by atoms with Gasteiger partial charge in [-0.3, -0.25) is 9.78 Å². The van der Waals surface area contributed by atoms with Gasteiger partial charge in [-0.1, -0.05) is 16.4 Å². The Morgan fingerprint density at radius 1 is 1.19 bits per heavy atom. The average molecular weight is 352 g/mol. The van der Waals surface area contributed by atoms with Gasteiger partial charge < -0.3 is 13.9 Å². The highest BCUT2D eigenvalue weighted by Crippen LogP contribution is 2.33. The van der Waals surface area contributed by atoms with Gasteiger partial charge in [0, 0.05) is 29.9 Å². The molecule has 7 nitrogen and oxygen atoms in total. The molecule has 1 fully saturated rings. The number of rotatable bonds is 3. The maximum atomic E-state index is 12.7. The number of pyridine rings is 1. The van der Waals surface area contributed by atoms with E-state index in [2.05, 4.69) is 15.3 Å². The Morgan fingerprint density at radius 2 is 2.04 bits per heavy atom. The third-order valence-corrected chi connectivity index (χ3v) is 4.80. The molecule has 1 aliphatic heterocycles. The third-order valence-electron chi connectivity index (χ3n) is 4.80. The van der Waals surface area contributed by atoms with E-state index in [1.165, 1.54) is 0 Å². The van der Waals surface area contributed by atoms with Crippen LogP contribution < -0.4 is 0 Å². The summed E-state index contributed by atoms with van der Waals surface area (Å²) in [5.74, 6) is 0.918.